The zero-order chi connectivity index (χ0) is 6.91. The van der Waals surface area contributed by atoms with Gasteiger partial charge in [-0.2, -0.15) is 0 Å². The number of rotatable bonds is 1. The van der Waals surface area contributed by atoms with Crippen molar-refractivity contribution < 1.29 is 9.53 Å². The first-order chi connectivity index (χ1) is 4.19. The van der Waals surface area contributed by atoms with E-state index in [0.717, 1.165) is 12.8 Å². The topological polar surface area (TPSA) is 26.3 Å². The van der Waals surface area contributed by atoms with Gasteiger partial charge in [-0.25, -0.2) is 0 Å². The van der Waals surface area contributed by atoms with Crippen LogP contribution in [0.3, 0.4) is 0 Å². The minimum Gasteiger partial charge on any atom is -0.465 e. The van der Waals surface area contributed by atoms with Gasteiger partial charge >= 0.3 is 5.97 Å². The lowest BCUT2D eigenvalue weighted by Crippen LogP contribution is -2.20. The zero-order valence-electron chi connectivity index (χ0n) is 5.94. The zero-order valence-corrected chi connectivity index (χ0v) is 5.94. The molecule has 0 aliphatic carbocycles. The number of hydrogen-bond donors (Lipinski definition) is 0. The van der Waals surface area contributed by atoms with Gasteiger partial charge < -0.3 is 4.74 Å². The van der Waals surface area contributed by atoms with Crippen LogP contribution >= 0.6 is 0 Å². The van der Waals surface area contributed by atoms with Crippen molar-refractivity contribution in [1.82, 2.24) is 0 Å². The Morgan fingerprint density at radius 1 is 1.78 bits per heavy atom. The van der Waals surface area contributed by atoms with Crippen molar-refractivity contribution in [2.24, 2.45) is 5.41 Å². The van der Waals surface area contributed by atoms with E-state index >= 15 is 0 Å². The van der Waals surface area contributed by atoms with Crippen LogP contribution in [0, 0.1) is 5.41 Å². The van der Waals surface area contributed by atoms with Gasteiger partial charge in [0.2, 0.25) is 0 Å². The summed E-state index contributed by atoms with van der Waals surface area (Å²) in [6, 6.07) is 0. The highest BCUT2D eigenvalue weighted by Crippen LogP contribution is 2.32. The van der Waals surface area contributed by atoms with Gasteiger partial charge in [0.05, 0.1) is 12.0 Å². The predicted molar refractivity (Wildman–Crippen MR) is 34.0 cm³/mol. The molecule has 2 heteroatoms. The molecular weight excluding hydrogens is 116 g/mol. The number of carbonyl (C=O) groups excluding carboxylic acids is 1. The Labute approximate surface area is 55.2 Å². The van der Waals surface area contributed by atoms with E-state index in [4.69, 9.17) is 4.74 Å². The van der Waals surface area contributed by atoms with Crippen LogP contribution in [-0.2, 0) is 9.53 Å². The summed E-state index contributed by atoms with van der Waals surface area (Å²) >= 11 is 0. The van der Waals surface area contributed by atoms with Crippen molar-refractivity contribution in [3.05, 3.63) is 0 Å². The van der Waals surface area contributed by atoms with Crippen LogP contribution in [0.1, 0.15) is 26.7 Å². The molecule has 52 valence electrons. The second kappa shape index (κ2) is 2.01. The molecule has 1 aliphatic heterocycles. The van der Waals surface area contributed by atoms with Gasteiger partial charge in [-0.05, 0) is 19.8 Å². The summed E-state index contributed by atoms with van der Waals surface area (Å²) in [7, 11) is 0. The van der Waals surface area contributed by atoms with Crippen LogP contribution in [0.25, 0.3) is 0 Å². The maximum absolute atomic E-state index is 10.9. The highest BCUT2D eigenvalue weighted by Gasteiger charge is 2.37. The molecule has 0 radical (unpaired) electrons. The minimum absolute atomic E-state index is 0.0231. The standard InChI is InChI=1S/C7H12O2/c1-3-7(2)4-5-9-6(7)8/h3-5H2,1-2H3/t7-/m0/s1. The predicted octanol–water partition coefficient (Wildman–Crippen LogP) is 1.35. The molecule has 0 spiro atoms. The quantitative estimate of drug-likeness (QED) is 0.498. The first kappa shape index (κ1) is 6.59. The normalized spacial score (nSPS) is 34.7. The molecule has 0 aromatic carbocycles. The number of carbonyl (C=O) groups is 1. The van der Waals surface area contributed by atoms with E-state index in [9.17, 15) is 4.79 Å². The summed E-state index contributed by atoms with van der Waals surface area (Å²) in [5.41, 5.74) is -0.167. The van der Waals surface area contributed by atoms with Gasteiger partial charge in [0.1, 0.15) is 0 Å². The summed E-state index contributed by atoms with van der Waals surface area (Å²) in [5.74, 6) is -0.0231. The molecule has 0 aromatic heterocycles. The highest BCUT2D eigenvalue weighted by molar-refractivity contribution is 5.77. The Morgan fingerprint density at radius 3 is 2.67 bits per heavy atom. The summed E-state index contributed by atoms with van der Waals surface area (Å²) in [6.45, 7) is 4.60. The van der Waals surface area contributed by atoms with Crippen LogP contribution in [0.2, 0.25) is 0 Å². The monoisotopic (exact) mass is 128 g/mol. The Morgan fingerprint density at radius 2 is 2.44 bits per heavy atom. The van der Waals surface area contributed by atoms with E-state index in [1.807, 2.05) is 13.8 Å². The molecule has 1 saturated heterocycles. The molecule has 1 aliphatic rings. The molecule has 1 heterocycles. The molecule has 9 heavy (non-hydrogen) atoms. The number of ether oxygens (including phenoxy) is 1. The molecule has 2 nitrogen and oxygen atoms in total. The van der Waals surface area contributed by atoms with Crippen molar-refractivity contribution >= 4 is 5.97 Å². The van der Waals surface area contributed by atoms with Gasteiger partial charge in [-0.1, -0.05) is 6.92 Å². The Bertz CT molecular complexity index is 131. The molecule has 0 N–H and O–H groups in total. The third-order valence-corrected chi connectivity index (χ3v) is 2.16. The maximum Gasteiger partial charge on any atom is 0.311 e. The largest absolute Gasteiger partial charge is 0.465 e. The average Bonchev–Trinajstić information content (AvgIpc) is 2.15. The van der Waals surface area contributed by atoms with Gasteiger partial charge in [-0.3, -0.25) is 4.79 Å². The molecule has 0 aromatic rings. The van der Waals surface area contributed by atoms with E-state index < -0.39 is 0 Å². The minimum atomic E-state index is -0.167. The fraction of sp³-hybridized carbons (Fsp3) is 0.857. The summed E-state index contributed by atoms with van der Waals surface area (Å²) in [6.07, 6.45) is 1.79. The number of hydrogen-bond acceptors (Lipinski definition) is 2. The Kier molecular flexibility index (Phi) is 1.47. The van der Waals surface area contributed by atoms with Crippen molar-refractivity contribution in [3.8, 4) is 0 Å². The smallest absolute Gasteiger partial charge is 0.311 e. The van der Waals surface area contributed by atoms with Crippen LogP contribution in [0.5, 0.6) is 0 Å². The first-order valence-electron chi connectivity index (χ1n) is 3.36. The molecule has 0 amide bonds. The summed E-state index contributed by atoms with van der Waals surface area (Å²) in [5, 5.41) is 0. The fourth-order valence-electron chi connectivity index (χ4n) is 0.966. The van der Waals surface area contributed by atoms with Crippen molar-refractivity contribution in [1.29, 1.82) is 0 Å². The van der Waals surface area contributed by atoms with E-state index in [0.29, 0.717) is 6.61 Å². The fourth-order valence-corrected chi connectivity index (χ4v) is 0.966. The SMILES string of the molecule is CC[C@@]1(C)CCOC1=O. The average molecular weight is 128 g/mol. The maximum atomic E-state index is 10.9. The summed E-state index contributed by atoms with van der Waals surface area (Å²) in [4.78, 5) is 10.9. The van der Waals surface area contributed by atoms with Crippen molar-refractivity contribution in [2.75, 3.05) is 6.61 Å². The molecule has 0 unspecified atom stereocenters. The lowest BCUT2D eigenvalue weighted by atomic mass is 9.86. The molecule has 0 bridgehead atoms. The van der Waals surface area contributed by atoms with Crippen molar-refractivity contribution in [3.63, 3.8) is 0 Å². The van der Waals surface area contributed by atoms with Gasteiger partial charge in [0.15, 0.2) is 0 Å². The third-order valence-electron chi connectivity index (χ3n) is 2.16. The second-order valence-corrected chi connectivity index (χ2v) is 2.80. The van der Waals surface area contributed by atoms with Gasteiger partial charge in [0, 0.05) is 0 Å². The van der Waals surface area contributed by atoms with Crippen LogP contribution in [0.4, 0.5) is 0 Å². The van der Waals surface area contributed by atoms with Crippen LogP contribution in [0.15, 0.2) is 0 Å². The Balaban J connectivity index is 2.67. The van der Waals surface area contributed by atoms with Crippen LogP contribution in [-0.4, -0.2) is 12.6 Å². The molecule has 1 fully saturated rings. The number of esters is 1. The Hall–Kier alpha value is -0.530. The van der Waals surface area contributed by atoms with E-state index in [1.54, 1.807) is 0 Å². The molecule has 0 saturated carbocycles. The third kappa shape index (κ3) is 0.934. The lowest BCUT2D eigenvalue weighted by Gasteiger charge is -2.14. The molecular formula is C7H12O2. The van der Waals surface area contributed by atoms with Gasteiger partial charge in [0.25, 0.3) is 0 Å². The molecule has 1 atom stereocenters. The highest BCUT2D eigenvalue weighted by atomic mass is 16.5. The first-order valence-corrected chi connectivity index (χ1v) is 3.36. The van der Waals surface area contributed by atoms with Gasteiger partial charge in [-0.15, -0.1) is 0 Å². The van der Waals surface area contributed by atoms with E-state index in [-0.39, 0.29) is 11.4 Å². The molecule has 1 rings (SSSR count). The van der Waals surface area contributed by atoms with E-state index in [2.05, 4.69) is 0 Å². The number of cyclic esters (lactones) is 1. The summed E-state index contributed by atoms with van der Waals surface area (Å²) < 4.78 is 4.82. The lowest BCUT2D eigenvalue weighted by molar-refractivity contribution is -0.145. The second-order valence-electron chi connectivity index (χ2n) is 2.80. The van der Waals surface area contributed by atoms with Crippen LogP contribution < -0.4 is 0 Å². The van der Waals surface area contributed by atoms with E-state index in [1.165, 1.54) is 0 Å². The van der Waals surface area contributed by atoms with Crippen molar-refractivity contribution in [2.45, 2.75) is 26.7 Å².